The molecule has 128 valence electrons. The van der Waals surface area contributed by atoms with Gasteiger partial charge >= 0.3 is 15.6 Å². The van der Waals surface area contributed by atoms with Crippen LogP contribution >= 0.6 is 15.6 Å². The number of unbranched alkanes of at least 4 members (excludes halogenated alkanes) is 3. The van der Waals surface area contributed by atoms with Crippen molar-refractivity contribution in [1.82, 2.24) is 0 Å². The molecule has 9 heteroatoms. The van der Waals surface area contributed by atoms with Gasteiger partial charge in [-0.15, -0.1) is 0 Å². The van der Waals surface area contributed by atoms with E-state index in [0.717, 1.165) is 19.3 Å². The number of phosphoric ester groups is 2. The normalized spacial score (nSPS) is 15.0. The molecule has 1 N–H and O–H groups in total. The fraction of sp³-hybridized carbons (Fsp3) is 1.00. The van der Waals surface area contributed by atoms with Gasteiger partial charge in [0, 0.05) is 0 Å². The number of hydrogen-bond donors (Lipinski definition) is 1. The Kier molecular flexibility index (Phi) is 11.9. The first-order valence-corrected chi connectivity index (χ1v) is 10.4. The van der Waals surface area contributed by atoms with Crippen molar-refractivity contribution in [2.24, 2.45) is 0 Å². The molecule has 0 amide bonds. The zero-order valence-electron chi connectivity index (χ0n) is 13.2. The average Bonchev–Trinajstić information content (AvgIpc) is 2.39. The van der Waals surface area contributed by atoms with Crippen LogP contribution in [0.4, 0.5) is 0 Å². The van der Waals surface area contributed by atoms with E-state index in [2.05, 4.69) is 4.31 Å². The minimum Gasteiger partial charge on any atom is -0.302 e. The van der Waals surface area contributed by atoms with Gasteiger partial charge in [-0.1, -0.05) is 40.0 Å². The number of rotatable bonds is 14. The Hall–Kier alpha value is 0.260. The van der Waals surface area contributed by atoms with Crippen LogP contribution in [0.5, 0.6) is 0 Å². The maximum atomic E-state index is 12.3. The van der Waals surface area contributed by atoms with Gasteiger partial charge in [0.05, 0.1) is 19.8 Å². The lowest BCUT2D eigenvalue weighted by Crippen LogP contribution is -2.04. The van der Waals surface area contributed by atoms with E-state index in [1.54, 1.807) is 0 Å². The number of hydrogen-bond acceptors (Lipinski definition) is 6. The van der Waals surface area contributed by atoms with E-state index in [1.807, 2.05) is 20.8 Å². The molecule has 0 aromatic rings. The highest BCUT2D eigenvalue weighted by molar-refractivity contribution is 7.61. The van der Waals surface area contributed by atoms with E-state index >= 15 is 0 Å². The quantitative estimate of drug-likeness (QED) is 0.361. The monoisotopic (exact) mass is 346 g/mol. The summed E-state index contributed by atoms with van der Waals surface area (Å²) in [6.07, 6.45) is 4.37. The molecular formula is C12H28O7P2. The molecule has 0 saturated carbocycles. The van der Waals surface area contributed by atoms with Gasteiger partial charge in [-0.2, -0.15) is 4.31 Å². The third kappa shape index (κ3) is 11.5. The number of phosphoric acid groups is 2. The van der Waals surface area contributed by atoms with Crippen LogP contribution in [0.3, 0.4) is 0 Å². The molecule has 1 unspecified atom stereocenters. The predicted octanol–water partition coefficient (Wildman–Crippen LogP) is 4.66. The van der Waals surface area contributed by atoms with Gasteiger partial charge < -0.3 is 4.89 Å². The molecule has 0 aliphatic heterocycles. The molecule has 0 heterocycles. The molecule has 0 aliphatic carbocycles. The molecule has 7 nitrogen and oxygen atoms in total. The second-order valence-electron chi connectivity index (χ2n) is 4.56. The first-order chi connectivity index (χ1) is 9.89. The lowest BCUT2D eigenvalue weighted by Gasteiger charge is -2.20. The molecule has 0 aliphatic rings. The smallest absolute Gasteiger partial charge is 0.302 e. The Bertz CT molecular complexity index is 334. The van der Waals surface area contributed by atoms with E-state index in [9.17, 15) is 14.0 Å². The summed E-state index contributed by atoms with van der Waals surface area (Å²) >= 11 is 0. The molecule has 0 spiro atoms. The summed E-state index contributed by atoms with van der Waals surface area (Å²) in [5, 5.41) is 0. The van der Waals surface area contributed by atoms with Crippen LogP contribution in [-0.4, -0.2) is 24.7 Å². The van der Waals surface area contributed by atoms with Crippen LogP contribution in [0.1, 0.15) is 59.3 Å². The van der Waals surface area contributed by atoms with Crippen LogP contribution in [0.25, 0.3) is 0 Å². The lowest BCUT2D eigenvalue weighted by molar-refractivity contribution is 0.124. The van der Waals surface area contributed by atoms with Crippen LogP contribution in [-0.2, 0) is 27.0 Å². The van der Waals surface area contributed by atoms with E-state index in [-0.39, 0.29) is 19.8 Å². The van der Waals surface area contributed by atoms with Crippen molar-refractivity contribution in [3.05, 3.63) is 0 Å². The highest BCUT2D eigenvalue weighted by Crippen LogP contribution is 2.63. The Morgan fingerprint density at radius 2 is 1.14 bits per heavy atom. The predicted molar refractivity (Wildman–Crippen MR) is 81.1 cm³/mol. The standard InChI is InChI=1S/C12H28O7P2/c1-4-7-10-16-20(13,14)19-21(15,17-11-8-5-2)18-12-9-6-3/h4-12H2,1-3H3,(H,13,14). The minimum atomic E-state index is -4.45. The summed E-state index contributed by atoms with van der Waals surface area (Å²) in [6, 6.07) is 0. The summed E-state index contributed by atoms with van der Waals surface area (Å²) in [4.78, 5) is 9.57. The first kappa shape index (κ1) is 21.3. The third-order valence-electron chi connectivity index (χ3n) is 2.45. The Morgan fingerprint density at radius 3 is 1.52 bits per heavy atom. The summed E-state index contributed by atoms with van der Waals surface area (Å²) < 4.78 is 43.6. The fourth-order valence-corrected chi connectivity index (χ4v) is 3.92. The van der Waals surface area contributed by atoms with Gasteiger partial charge in [-0.25, -0.2) is 9.13 Å². The van der Waals surface area contributed by atoms with Gasteiger partial charge in [-0.3, -0.25) is 13.6 Å². The molecule has 0 radical (unpaired) electrons. The average molecular weight is 346 g/mol. The van der Waals surface area contributed by atoms with Crippen molar-refractivity contribution in [2.45, 2.75) is 59.3 Å². The Balaban J connectivity index is 4.54. The maximum absolute atomic E-state index is 12.3. The van der Waals surface area contributed by atoms with Gasteiger partial charge in [0.1, 0.15) is 0 Å². The lowest BCUT2D eigenvalue weighted by atomic mass is 10.4. The van der Waals surface area contributed by atoms with E-state index in [1.165, 1.54) is 0 Å². The third-order valence-corrected chi connectivity index (χ3v) is 5.58. The Morgan fingerprint density at radius 1 is 0.762 bits per heavy atom. The van der Waals surface area contributed by atoms with Crippen LogP contribution in [0.15, 0.2) is 0 Å². The molecule has 0 aromatic carbocycles. The van der Waals surface area contributed by atoms with E-state index in [4.69, 9.17) is 13.6 Å². The van der Waals surface area contributed by atoms with Crippen LogP contribution in [0.2, 0.25) is 0 Å². The second kappa shape index (κ2) is 11.8. The zero-order valence-corrected chi connectivity index (χ0v) is 14.9. The van der Waals surface area contributed by atoms with Gasteiger partial charge in [-0.05, 0) is 19.3 Å². The molecule has 0 bridgehead atoms. The molecule has 1 atom stereocenters. The van der Waals surface area contributed by atoms with Gasteiger partial charge in [0.25, 0.3) is 0 Å². The second-order valence-corrected chi connectivity index (χ2v) is 7.82. The van der Waals surface area contributed by atoms with Crippen LogP contribution < -0.4 is 0 Å². The first-order valence-electron chi connectivity index (χ1n) is 7.47. The van der Waals surface area contributed by atoms with Crippen molar-refractivity contribution in [2.75, 3.05) is 19.8 Å². The Labute approximate surface area is 127 Å². The molecule has 21 heavy (non-hydrogen) atoms. The fourth-order valence-electron chi connectivity index (χ4n) is 1.20. The van der Waals surface area contributed by atoms with Gasteiger partial charge in [0.15, 0.2) is 0 Å². The highest BCUT2D eigenvalue weighted by Gasteiger charge is 2.37. The van der Waals surface area contributed by atoms with E-state index in [0.29, 0.717) is 19.3 Å². The summed E-state index contributed by atoms with van der Waals surface area (Å²) in [6.45, 7) is 6.12. The molecular weight excluding hydrogens is 318 g/mol. The summed E-state index contributed by atoms with van der Waals surface area (Å²) in [7, 11) is -8.54. The zero-order chi connectivity index (χ0) is 16.2. The maximum Gasteiger partial charge on any atom is 0.483 e. The van der Waals surface area contributed by atoms with Crippen molar-refractivity contribution in [3.63, 3.8) is 0 Å². The van der Waals surface area contributed by atoms with Crippen molar-refractivity contribution in [3.8, 4) is 0 Å². The van der Waals surface area contributed by atoms with Crippen molar-refractivity contribution < 1.29 is 31.9 Å². The molecule has 0 saturated heterocycles. The topological polar surface area (TPSA) is 91.3 Å². The minimum absolute atomic E-state index is 0.0498. The summed E-state index contributed by atoms with van der Waals surface area (Å²) in [5.74, 6) is 0. The summed E-state index contributed by atoms with van der Waals surface area (Å²) in [5.41, 5.74) is 0. The molecule has 0 aromatic heterocycles. The highest BCUT2D eigenvalue weighted by atomic mass is 31.3. The SMILES string of the molecule is CCCCOP(=O)(O)OP(=O)(OCCCC)OCCCC. The van der Waals surface area contributed by atoms with E-state index < -0.39 is 15.6 Å². The largest absolute Gasteiger partial charge is 0.483 e. The van der Waals surface area contributed by atoms with Crippen molar-refractivity contribution in [1.29, 1.82) is 0 Å². The molecule has 0 fully saturated rings. The van der Waals surface area contributed by atoms with Gasteiger partial charge in [0.2, 0.25) is 0 Å². The molecule has 0 rings (SSSR count). The van der Waals surface area contributed by atoms with Crippen LogP contribution in [0, 0.1) is 0 Å². The van der Waals surface area contributed by atoms with Crippen molar-refractivity contribution >= 4 is 15.6 Å².